The van der Waals surface area contributed by atoms with Gasteiger partial charge in [-0.3, -0.25) is 4.79 Å². The van der Waals surface area contributed by atoms with Crippen molar-refractivity contribution in [2.24, 2.45) is 5.92 Å². The second kappa shape index (κ2) is 8.98. The number of rotatable bonds is 6. The molecule has 1 fully saturated rings. The van der Waals surface area contributed by atoms with Crippen LogP contribution in [0.25, 0.3) is 0 Å². The molecule has 2 amide bonds. The first-order valence-corrected chi connectivity index (χ1v) is 8.27. The Morgan fingerprint density at radius 2 is 1.86 bits per heavy atom. The van der Waals surface area contributed by atoms with E-state index < -0.39 is 5.60 Å². The van der Waals surface area contributed by atoms with E-state index in [4.69, 9.17) is 4.74 Å². The van der Waals surface area contributed by atoms with Crippen LogP contribution in [0.4, 0.5) is 4.79 Å². The Morgan fingerprint density at radius 3 is 2.41 bits per heavy atom. The Bertz CT molecular complexity index is 358. The Hall–Kier alpha value is -1.30. The smallest absolute Gasteiger partial charge is 0.410 e. The van der Waals surface area contributed by atoms with Gasteiger partial charge in [-0.05, 0) is 53.0 Å². The van der Waals surface area contributed by atoms with Crippen LogP contribution >= 0.6 is 0 Å². The third-order valence-corrected chi connectivity index (χ3v) is 3.60. The number of carbonyl (C=O) groups is 2. The van der Waals surface area contributed by atoms with Gasteiger partial charge in [0, 0.05) is 32.6 Å². The first kappa shape index (κ1) is 18.7. The number of nitrogens with one attached hydrogen (secondary N) is 2. The summed E-state index contributed by atoms with van der Waals surface area (Å²) >= 11 is 0. The Kier molecular flexibility index (Phi) is 7.65. The first-order valence-electron chi connectivity index (χ1n) is 8.27. The molecule has 0 radical (unpaired) electrons. The molecule has 0 aromatic heterocycles. The SMILES string of the molecule is CCNC(=O)CCNCC1CCN(C(=O)OC(C)(C)C)CC1. The normalized spacial score (nSPS) is 16.5. The number of amides is 2. The molecule has 0 saturated carbocycles. The predicted molar refractivity (Wildman–Crippen MR) is 86.7 cm³/mol. The minimum absolute atomic E-state index is 0.0924. The van der Waals surface area contributed by atoms with Gasteiger partial charge in [0.1, 0.15) is 5.60 Å². The summed E-state index contributed by atoms with van der Waals surface area (Å²) in [5.41, 5.74) is -0.436. The van der Waals surface area contributed by atoms with E-state index >= 15 is 0 Å². The minimum atomic E-state index is -0.436. The number of nitrogens with zero attached hydrogens (tertiary/aromatic N) is 1. The van der Waals surface area contributed by atoms with Gasteiger partial charge in [-0.2, -0.15) is 0 Å². The van der Waals surface area contributed by atoms with Crippen molar-refractivity contribution in [3.63, 3.8) is 0 Å². The van der Waals surface area contributed by atoms with Crippen molar-refractivity contribution in [3.05, 3.63) is 0 Å². The largest absolute Gasteiger partial charge is 0.444 e. The number of hydrogen-bond donors (Lipinski definition) is 2. The topological polar surface area (TPSA) is 70.7 Å². The molecule has 0 unspecified atom stereocenters. The fraction of sp³-hybridized carbons (Fsp3) is 0.875. The van der Waals surface area contributed by atoms with Crippen LogP contribution in [-0.2, 0) is 9.53 Å². The van der Waals surface area contributed by atoms with E-state index in [9.17, 15) is 9.59 Å². The zero-order valence-electron chi connectivity index (χ0n) is 14.4. The van der Waals surface area contributed by atoms with Gasteiger partial charge in [-0.25, -0.2) is 4.79 Å². The van der Waals surface area contributed by atoms with Crippen molar-refractivity contribution in [2.45, 2.75) is 52.6 Å². The average molecular weight is 313 g/mol. The molecular weight excluding hydrogens is 282 g/mol. The highest BCUT2D eigenvalue weighted by Gasteiger charge is 2.26. The third-order valence-electron chi connectivity index (χ3n) is 3.60. The van der Waals surface area contributed by atoms with E-state index in [1.807, 2.05) is 27.7 Å². The molecule has 1 aliphatic heterocycles. The third kappa shape index (κ3) is 7.64. The number of hydrogen-bond acceptors (Lipinski definition) is 4. The first-order chi connectivity index (χ1) is 10.3. The van der Waals surface area contributed by atoms with Crippen LogP contribution in [0.2, 0.25) is 0 Å². The maximum Gasteiger partial charge on any atom is 0.410 e. The second-order valence-electron chi connectivity index (χ2n) is 6.82. The molecular formula is C16H31N3O3. The minimum Gasteiger partial charge on any atom is -0.444 e. The van der Waals surface area contributed by atoms with Crippen LogP contribution in [-0.4, -0.2) is 55.2 Å². The summed E-state index contributed by atoms with van der Waals surface area (Å²) in [6, 6.07) is 0. The van der Waals surface area contributed by atoms with Crippen LogP contribution in [0.5, 0.6) is 0 Å². The van der Waals surface area contributed by atoms with Crippen molar-refractivity contribution in [1.29, 1.82) is 0 Å². The molecule has 6 heteroatoms. The zero-order chi connectivity index (χ0) is 16.6. The van der Waals surface area contributed by atoms with Crippen LogP contribution in [0.3, 0.4) is 0 Å². The summed E-state index contributed by atoms with van der Waals surface area (Å²) in [4.78, 5) is 25.1. The number of ether oxygens (including phenoxy) is 1. The maximum atomic E-state index is 12.0. The van der Waals surface area contributed by atoms with E-state index in [0.717, 1.165) is 32.5 Å². The van der Waals surface area contributed by atoms with Gasteiger partial charge in [-0.1, -0.05) is 0 Å². The lowest BCUT2D eigenvalue weighted by atomic mass is 9.97. The molecule has 128 valence electrons. The summed E-state index contributed by atoms with van der Waals surface area (Å²) in [6.45, 7) is 11.4. The Morgan fingerprint density at radius 1 is 1.23 bits per heavy atom. The van der Waals surface area contributed by atoms with Crippen molar-refractivity contribution in [1.82, 2.24) is 15.5 Å². The molecule has 0 aliphatic carbocycles. The number of likely N-dealkylation sites (tertiary alicyclic amines) is 1. The molecule has 0 aromatic rings. The average Bonchev–Trinajstić information content (AvgIpc) is 2.43. The highest BCUT2D eigenvalue weighted by Crippen LogP contribution is 2.19. The lowest BCUT2D eigenvalue weighted by Gasteiger charge is -2.33. The zero-order valence-corrected chi connectivity index (χ0v) is 14.4. The van der Waals surface area contributed by atoms with Gasteiger partial charge in [0.05, 0.1) is 0 Å². The van der Waals surface area contributed by atoms with Gasteiger partial charge < -0.3 is 20.3 Å². The molecule has 2 N–H and O–H groups in total. The van der Waals surface area contributed by atoms with Crippen molar-refractivity contribution >= 4 is 12.0 Å². The molecule has 0 aromatic carbocycles. The molecule has 1 heterocycles. The van der Waals surface area contributed by atoms with E-state index in [1.165, 1.54) is 0 Å². The van der Waals surface area contributed by atoms with Crippen molar-refractivity contribution in [3.8, 4) is 0 Å². The monoisotopic (exact) mass is 313 g/mol. The van der Waals surface area contributed by atoms with Crippen molar-refractivity contribution < 1.29 is 14.3 Å². The van der Waals surface area contributed by atoms with Gasteiger partial charge in [0.2, 0.25) is 5.91 Å². The van der Waals surface area contributed by atoms with E-state index in [2.05, 4.69) is 10.6 Å². The summed E-state index contributed by atoms with van der Waals surface area (Å²) in [6.07, 6.45) is 2.26. The van der Waals surface area contributed by atoms with E-state index in [-0.39, 0.29) is 12.0 Å². The summed E-state index contributed by atoms with van der Waals surface area (Å²) < 4.78 is 5.39. The van der Waals surface area contributed by atoms with Gasteiger partial charge >= 0.3 is 6.09 Å². The lowest BCUT2D eigenvalue weighted by molar-refractivity contribution is -0.120. The summed E-state index contributed by atoms with van der Waals surface area (Å²) in [5, 5.41) is 6.11. The van der Waals surface area contributed by atoms with Crippen molar-refractivity contribution in [2.75, 3.05) is 32.7 Å². The highest BCUT2D eigenvalue weighted by atomic mass is 16.6. The number of carbonyl (C=O) groups excluding carboxylic acids is 2. The molecule has 22 heavy (non-hydrogen) atoms. The van der Waals surface area contributed by atoms with Crippen LogP contribution < -0.4 is 10.6 Å². The molecule has 1 aliphatic rings. The molecule has 0 atom stereocenters. The molecule has 1 saturated heterocycles. The lowest BCUT2D eigenvalue weighted by Crippen LogP contribution is -2.43. The van der Waals surface area contributed by atoms with Crippen LogP contribution in [0, 0.1) is 5.92 Å². The number of piperidine rings is 1. The quantitative estimate of drug-likeness (QED) is 0.733. The fourth-order valence-electron chi connectivity index (χ4n) is 2.44. The molecule has 0 bridgehead atoms. The summed E-state index contributed by atoms with van der Waals surface area (Å²) in [7, 11) is 0. The second-order valence-corrected chi connectivity index (χ2v) is 6.82. The van der Waals surface area contributed by atoms with Gasteiger partial charge in [0.25, 0.3) is 0 Å². The van der Waals surface area contributed by atoms with Gasteiger partial charge in [0.15, 0.2) is 0 Å². The fourth-order valence-corrected chi connectivity index (χ4v) is 2.44. The molecule has 6 nitrogen and oxygen atoms in total. The van der Waals surface area contributed by atoms with Crippen LogP contribution in [0.1, 0.15) is 47.0 Å². The Labute approximate surface area is 134 Å². The highest BCUT2D eigenvalue weighted by molar-refractivity contribution is 5.75. The molecule has 0 spiro atoms. The van der Waals surface area contributed by atoms with E-state index in [1.54, 1.807) is 4.90 Å². The van der Waals surface area contributed by atoms with Crippen LogP contribution in [0.15, 0.2) is 0 Å². The maximum absolute atomic E-state index is 12.0. The Balaban J connectivity index is 2.15. The van der Waals surface area contributed by atoms with E-state index in [0.29, 0.717) is 25.4 Å². The summed E-state index contributed by atoms with van der Waals surface area (Å²) in [5.74, 6) is 0.655. The predicted octanol–water partition coefficient (Wildman–Crippen LogP) is 1.75. The molecule has 1 rings (SSSR count). The standard InChI is InChI=1S/C16H31N3O3/c1-5-18-14(20)6-9-17-12-13-7-10-19(11-8-13)15(21)22-16(2,3)4/h13,17H,5-12H2,1-4H3,(H,18,20). The van der Waals surface area contributed by atoms with Gasteiger partial charge in [-0.15, -0.1) is 0 Å².